The summed E-state index contributed by atoms with van der Waals surface area (Å²) in [7, 11) is 1.66. The SMILES string of the molecule is CCc1nc2n(n1)C(=O)C(C(c1cccc(OC)c1)N1CCC3(CC1)OCCO3)S2. The molecule has 2 atom stereocenters. The number of rotatable bonds is 5. The second-order valence-electron chi connectivity index (χ2n) is 7.82. The number of thioether (sulfide) groups is 1. The minimum absolute atomic E-state index is 0.0105. The predicted molar refractivity (Wildman–Crippen MR) is 111 cm³/mol. The van der Waals surface area contributed by atoms with Crippen LogP contribution < -0.4 is 4.74 Å². The van der Waals surface area contributed by atoms with E-state index in [2.05, 4.69) is 21.0 Å². The van der Waals surface area contributed by atoms with Crippen LogP contribution in [-0.4, -0.2) is 70.0 Å². The molecule has 4 heterocycles. The molecule has 1 aromatic carbocycles. The van der Waals surface area contributed by atoms with Gasteiger partial charge >= 0.3 is 0 Å². The highest BCUT2D eigenvalue weighted by Gasteiger charge is 2.47. The summed E-state index contributed by atoms with van der Waals surface area (Å²) in [6, 6.07) is 7.89. The monoisotopic (exact) mass is 430 g/mol. The van der Waals surface area contributed by atoms with Crippen LogP contribution in [-0.2, 0) is 15.9 Å². The van der Waals surface area contributed by atoms with Gasteiger partial charge in [-0.05, 0) is 17.7 Å². The summed E-state index contributed by atoms with van der Waals surface area (Å²) >= 11 is 1.51. The standard InChI is InChI=1S/C21H26N4O4S/c1-3-16-22-20-25(23-16)19(26)18(30-20)17(14-5-4-6-15(13-14)27-2)24-9-7-21(8-10-24)28-11-12-29-21/h4-6,13,17-18H,3,7-12H2,1-2H3. The van der Waals surface area contributed by atoms with Crippen LogP contribution in [0.2, 0.25) is 0 Å². The molecule has 8 nitrogen and oxygen atoms in total. The third kappa shape index (κ3) is 3.43. The lowest BCUT2D eigenvalue weighted by atomic mass is 9.95. The minimum Gasteiger partial charge on any atom is -0.497 e. The highest BCUT2D eigenvalue weighted by Crippen LogP contribution is 2.44. The zero-order valence-corrected chi connectivity index (χ0v) is 18.1. The molecule has 2 saturated heterocycles. The number of piperidine rings is 1. The number of carbonyl (C=O) groups excluding carboxylic acids is 1. The minimum atomic E-state index is -0.452. The van der Waals surface area contributed by atoms with Crippen molar-refractivity contribution >= 4 is 17.7 Å². The summed E-state index contributed by atoms with van der Waals surface area (Å²) in [6.07, 6.45) is 2.30. The lowest BCUT2D eigenvalue weighted by Crippen LogP contribution is -2.49. The first-order chi connectivity index (χ1) is 14.6. The van der Waals surface area contributed by atoms with E-state index in [-0.39, 0.29) is 17.2 Å². The average Bonchev–Trinajstić information content (AvgIpc) is 3.47. The van der Waals surface area contributed by atoms with Crippen molar-refractivity contribution in [2.45, 2.75) is 48.4 Å². The third-order valence-electron chi connectivity index (χ3n) is 6.11. The van der Waals surface area contributed by atoms with Crippen LogP contribution in [0.4, 0.5) is 0 Å². The molecular weight excluding hydrogens is 404 g/mol. The van der Waals surface area contributed by atoms with Gasteiger partial charge in [-0.1, -0.05) is 30.8 Å². The molecule has 1 aromatic heterocycles. The Hall–Kier alpha value is -1.94. The highest BCUT2D eigenvalue weighted by atomic mass is 32.2. The fourth-order valence-corrected chi connectivity index (χ4v) is 5.80. The Kier molecular flexibility index (Phi) is 5.30. The largest absolute Gasteiger partial charge is 0.497 e. The molecule has 0 bridgehead atoms. The van der Waals surface area contributed by atoms with Gasteiger partial charge in [0, 0.05) is 32.4 Å². The zero-order valence-electron chi connectivity index (χ0n) is 17.2. The van der Waals surface area contributed by atoms with E-state index in [9.17, 15) is 4.79 Å². The van der Waals surface area contributed by atoms with Crippen molar-refractivity contribution in [3.8, 4) is 5.75 Å². The van der Waals surface area contributed by atoms with E-state index in [0.717, 1.165) is 37.2 Å². The Labute approximate surface area is 179 Å². The lowest BCUT2D eigenvalue weighted by Gasteiger charge is -2.42. The number of methoxy groups -OCH3 is 1. The van der Waals surface area contributed by atoms with Crippen molar-refractivity contribution in [1.82, 2.24) is 19.7 Å². The number of aromatic nitrogens is 3. The maximum absolute atomic E-state index is 13.3. The first kappa shape index (κ1) is 20.0. The molecule has 0 N–H and O–H groups in total. The molecule has 2 aromatic rings. The Bertz CT molecular complexity index is 933. The molecule has 0 saturated carbocycles. The molecule has 3 aliphatic heterocycles. The maximum Gasteiger partial charge on any atom is 0.264 e. The van der Waals surface area contributed by atoms with Crippen LogP contribution >= 0.6 is 11.8 Å². The number of carbonyl (C=O) groups is 1. The van der Waals surface area contributed by atoms with Gasteiger partial charge in [0.15, 0.2) is 16.8 Å². The van der Waals surface area contributed by atoms with Gasteiger partial charge < -0.3 is 14.2 Å². The molecule has 2 fully saturated rings. The van der Waals surface area contributed by atoms with Crippen molar-refractivity contribution in [3.05, 3.63) is 35.7 Å². The normalized spacial score (nSPS) is 24.3. The summed E-state index contributed by atoms with van der Waals surface area (Å²) in [5.41, 5.74) is 1.06. The summed E-state index contributed by atoms with van der Waals surface area (Å²) in [5.74, 6) is 1.03. The van der Waals surface area contributed by atoms with E-state index in [4.69, 9.17) is 14.2 Å². The highest BCUT2D eigenvalue weighted by molar-refractivity contribution is 8.00. The summed E-state index contributed by atoms with van der Waals surface area (Å²) in [6.45, 7) is 4.89. The van der Waals surface area contributed by atoms with Gasteiger partial charge in [-0.2, -0.15) is 4.68 Å². The number of nitrogens with zero attached hydrogens (tertiary/aromatic N) is 4. The lowest BCUT2D eigenvalue weighted by molar-refractivity contribution is -0.187. The smallest absolute Gasteiger partial charge is 0.264 e. The van der Waals surface area contributed by atoms with Gasteiger partial charge in [0.2, 0.25) is 0 Å². The Morgan fingerprint density at radius 2 is 2.07 bits per heavy atom. The van der Waals surface area contributed by atoms with E-state index < -0.39 is 5.79 Å². The number of ether oxygens (including phenoxy) is 3. The molecule has 0 aliphatic carbocycles. The maximum atomic E-state index is 13.3. The molecule has 2 unspecified atom stereocenters. The van der Waals surface area contributed by atoms with E-state index >= 15 is 0 Å². The fourth-order valence-electron chi connectivity index (χ4n) is 4.52. The van der Waals surface area contributed by atoms with Crippen LogP contribution in [0.25, 0.3) is 0 Å². The number of hydrogen-bond acceptors (Lipinski definition) is 8. The molecule has 0 radical (unpaired) electrons. The summed E-state index contributed by atoms with van der Waals surface area (Å²) < 4.78 is 18.7. The number of benzene rings is 1. The van der Waals surface area contributed by atoms with Crippen molar-refractivity contribution in [1.29, 1.82) is 0 Å². The van der Waals surface area contributed by atoms with Crippen molar-refractivity contribution < 1.29 is 19.0 Å². The first-order valence-corrected chi connectivity index (χ1v) is 11.3. The van der Waals surface area contributed by atoms with Crippen LogP contribution in [0.5, 0.6) is 5.75 Å². The molecule has 3 aliphatic rings. The van der Waals surface area contributed by atoms with Gasteiger partial charge in [-0.25, -0.2) is 4.98 Å². The molecule has 30 heavy (non-hydrogen) atoms. The second kappa shape index (κ2) is 7.96. The Balaban J connectivity index is 1.45. The third-order valence-corrected chi connectivity index (χ3v) is 7.30. The Morgan fingerprint density at radius 1 is 1.30 bits per heavy atom. The second-order valence-corrected chi connectivity index (χ2v) is 8.93. The first-order valence-electron chi connectivity index (χ1n) is 10.5. The number of aryl methyl sites for hydroxylation is 1. The van der Waals surface area contributed by atoms with Crippen LogP contribution in [0.15, 0.2) is 29.4 Å². The zero-order chi connectivity index (χ0) is 20.7. The van der Waals surface area contributed by atoms with Gasteiger partial charge in [-0.15, -0.1) is 5.10 Å². The molecule has 5 rings (SSSR count). The topological polar surface area (TPSA) is 78.7 Å². The van der Waals surface area contributed by atoms with Gasteiger partial charge in [-0.3, -0.25) is 9.69 Å². The van der Waals surface area contributed by atoms with Crippen LogP contribution in [0.3, 0.4) is 0 Å². The number of fused-ring (bicyclic) bond motifs is 1. The molecule has 160 valence electrons. The molecule has 1 spiro atoms. The van der Waals surface area contributed by atoms with Gasteiger partial charge in [0.05, 0.1) is 26.4 Å². The van der Waals surface area contributed by atoms with Crippen molar-refractivity contribution in [2.75, 3.05) is 33.4 Å². The summed E-state index contributed by atoms with van der Waals surface area (Å²) in [4.78, 5) is 20.2. The van der Waals surface area contributed by atoms with E-state index in [1.165, 1.54) is 16.4 Å². The van der Waals surface area contributed by atoms with Crippen LogP contribution in [0.1, 0.15) is 42.0 Å². The average molecular weight is 431 g/mol. The van der Waals surface area contributed by atoms with Crippen molar-refractivity contribution in [3.63, 3.8) is 0 Å². The number of hydrogen-bond donors (Lipinski definition) is 0. The van der Waals surface area contributed by atoms with E-state index in [0.29, 0.717) is 30.6 Å². The number of likely N-dealkylation sites (tertiary alicyclic amines) is 1. The molecular formula is C21H26N4O4S. The summed E-state index contributed by atoms with van der Waals surface area (Å²) in [5, 5.41) is 4.78. The fraction of sp³-hybridized carbons (Fsp3) is 0.571. The quantitative estimate of drug-likeness (QED) is 0.716. The molecule has 9 heteroatoms. The van der Waals surface area contributed by atoms with Crippen LogP contribution in [0, 0.1) is 0 Å². The van der Waals surface area contributed by atoms with Gasteiger partial charge in [0.25, 0.3) is 5.91 Å². The van der Waals surface area contributed by atoms with E-state index in [1.807, 2.05) is 25.1 Å². The Morgan fingerprint density at radius 3 is 2.73 bits per heavy atom. The van der Waals surface area contributed by atoms with E-state index in [1.54, 1.807) is 7.11 Å². The molecule has 0 amide bonds. The van der Waals surface area contributed by atoms with Crippen molar-refractivity contribution in [2.24, 2.45) is 0 Å². The van der Waals surface area contributed by atoms with Gasteiger partial charge in [0.1, 0.15) is 11.0 Å². The predicted octanol–water partition coefficient (Wildman–Crippen LogP) is 2.54.